The lowest BCUT2D eigenvalue weighted by molar-refractivity contribution is 0.459. The van der Waals surface area contributed by atoms with E-state index in [2.05, 4.69) is 20.5 Å². The van der Waals surface area contributed by atoms with Crippen LogP contribution in [-0.4, -0.2) is 15.2 Å². The summed E-state index contributed by atoms with van der Waals surface area (Å²) in [6, 6.07) is 11.4. The number of benzene rings is 2. The summed E-state index contributed by atoms with van der Waals surface area (Å²) in [5, 5.41) is 21.5. The Balaban J connectivity index is 1.82. The number of fused-ring (bicyclic) bond motifs is 1. The van der Waals surface area contributed by atoms with Gasteiger partial charge in [0.1, 0.15) is 5.82 Å². The molecule has 23 heavy (non-hydrogen) atoms. The van der Waals surface area contributed by atoms with Gasteiger partial charge in [-0.3, -0.25) is 0 Å². The molecule has 0 spiro atoms. The summed E-state index contributed by atoms with van der Waals surface area (Å²) in [4.78, 5) is 2.83. The van der Waals surface area contributed by atoms with Crippen molar-refractivity contribution in [2.75, 3.05) is 5.32 Å². The van der Waals surface area contributed by atoms with Crippen molar-refractivity contribution in [2.24, 2.45) is 10.2 Å². The number of H-pyrrole nitrogens is 1. The molecule has 5 nitrogen and oxygen atoms in total. The lowest BCUT2D eigenvalue weighted by Gasteiger charge is -2.02. The average Bonchev–Trinajstić information content (AvgIpc) is 2.82. The molecule has 3 N–H and O–H groups in total. The Morgan fingerprint density at radius 2 is 1.96 bits per heavy atom. The van der Waals surface area contributed by atoms with Gasteiger partial charge in [0, 0.05) is 11.1 Å². The number of nitrogens with zero attached hydrogens (tertiary/aromatic N) is 2. The van der Waals surface area contributed by atoms with Gasteiger partial charge in [-0.2, -0.15) is 0 Å². The molecule has 7 heteroatoms. The van der Waals surface area contributed by atoms with Crippen LogP contribution in [0.5, 0.6) is 5.88 Å². The highest BCUT2D eigenvalue weighted by Gasteiger charge is 2.10. The summed E-state index contributed by atoms with van der Waals surface area (Å²) < 4.78 is 12.8. The number of aryl methyl sites for hydroxylation is 1. The highest BCUT2D eigenvalue weighted by Crippen LogP contribution is 2.35. The van der Waals surface area contributed by atoms with Crippen molar-refractivity contribution in [3.05, 3.63) is 53.8 Å². The molecular weight excluding hydrogens is 315 g/mol. The molecule has 1 heterocycles. The molecule has 0 saturated heterocycles. The van der Waals surface area contributed by atoms with E-state index < -0.39 is 0 Å². The van der Waals surface area contributed by atoms with Crippen LogP contribution in [0.4, 0.5) is 15.8 Å². The van der Waals surface area contributed by atoms with Crippen molar-refractivity contribution >= 4 is 39.6 Å². The van der Waals surface area contributed by atoms with Crippen molar-refractivity contribution in [3.63, 3.8) is 0 Å². The average molecular weight is 328 g/mol. The fourth-order valence-corrected chi connectivity index (χ4v) is 2.31. The quantitative estimate of drug-likeness (QED) is 0.467. The van der Waals surface area contributed by atoms with E-state index in [1.54, 1.807) is 12.1 Å². The zero-order valence-corrected chi connectivity index (χ0v) is 13.0. The van der Waals surface area contributed by atoms with Crippen molar-refractivity contribution in [2.45, 2.75) is 6.92 Å². The summed E-state index contributed by atoms with van der Waals surface area (Å²) in [5.74, 6) is -0.402. The van der Waals surface area contributed by atoms with Crippen LogP contribution >= 0.6 is 12.2 Å². The normalized spacial score (nSPS) is 11.2. The minimum Gasteiger partial charge on any atom is -0.493 e. The van der Waals surface area contributed by atoms with Crippen molar-refractivity contribution in [3.8, 4) is 5.88 Å². The summed E-state index contributed by atoms with van der Waals surface area (Å²) in [5.41, 5.74) is 2.74. The molecule has 0 fully saturated rings. The number of halogens is 1. The number of aromatic nitrogens is 1. The molecule has 0 aliphatic carbocycles. The Hall–Kier alpha value is -2.80. The van der Waals surface area contributed by atoms with E-state index in [0.29, 0.717) is 11.4 Å². The van der Waals surface area contributed by atoms with Crippen LogP contribution in [0.25, 0.3) is 10.9 Å². The molecule has 116 valence electrons. The minimum atomic E-state index is -0.331. The molecule has 0 bridgehead atoms. The van der Waals surface area contributed by atoms with Gasteiger partial charge in [-0.1, -0.05) is 11.6 Å². The Bertz CT molecular complexity index is 902. The first kappa shape index (κ1) is 15.1. The van der Waals surface area contributed by atoms with Crippen LogP contribution in [0.1, 0.15) is 5.56 Å². The standard InChI is InChI=1S/C16H13FN4OS/c1-9-2-7-13-12(8-9)14(15(22)19-13)20-21-16(23)18-11-5-3-10(17)4-6-11/h2-8,19,22H,1H3,(H,18,23). The van der Waals surface area contributed by atoms with Gasteiger partial charge in [0.25, 0.3) is 0 Å². The fraction of sp³-hybridized carbons (Fsp3) is 0.0625. The monoisotopic (exact) mass is 328 g/mol. The number of aromatic hydroxyl groups is 1. The first-order chi connectivity index (χ1) is 11.0. The lowest BCUT2D eigenvalue weighted by atomic mass is 10.2. The molecule has 3 rings (SSSR count). The summed E-state index contributed by atoms with van der Waals surface area (Å²) in [7, 11) is 0. The molecule has 0 saturated carbocycles. The van der Waals surface area contributed by atoms with Crippen LogP contribution < -0.4 is 5.32 Å². The van der Waals surface area contributed by atoms with E-state index in [4.69, 9.17) is 12.2 Å². The number of hydrogen-bond donors (Lipinski definition) is 3. The van der Waals surface area contributed by atoms with Gasteiger partial charge in [-0.25, -0.2) is 4.39 Å². The van der Waals surface area contributed by atoms with Gasteiger partial charge in [0.15, 0.2) is 5.69 Å². The molecule has 1 aromatic heterocycles. The third-order valence-electron chi connectivity index (χ3n) is 3.24. The third-order valence-corrected chi connectivity index (χ3v) is 3.43. The minimum absolute atomic E-state index is 0.0704. The molecule has 2 aromatic carbocycles. The topological polar surface area (TPSA) is 72.8 Å². The van der Waals surface area contributed by atoms with Crippen molar-refractivity contribution in [1.29, 1.82) is 0 Å². The van der Waals surface area contributed by atoms with Gasteiger partial charge in [-0.05, 0) is 55.5 Å². The second kappa shape index (κ2) is 6.13. The third kappa shape index (κ3) is 3.35. The number of rotatable bonds is 2. The van der Waals surface area contributed by atoms with E-state index >= 15 is 0 Å². The SMILES string of the molecule is Cc1ccc2[nH]c(O)c(N=NC(=S)Nc3ccc(F)cc3)c2c1. The van der Waals surface area contributed by atoms with E-state index in [1.165, 1.54) is 12.1 Å². The van der Waals surface area contributed by atoms with Crippen LogP contribution in [0, 0.1) is 12.7 Å². The number of nitrogens with one attached hydrogen (secondary N) is 2. The molecule has 0 radical (unpaired) electrons. The summed E-state index contributed by atoms with van der Waals surface area (Å²) in [6.45, 7) is 1.95. The Morgan fingerprint density at radius 3 is 2.70 bits per heavy atom. The zero-order chi connectivity index (χ0) is 16.4. The Labute approximate surface area is 136 Å². The lowest BCUT2D eigenvalue weighted by Crippen LogP contribution is -2.04. The number of thiocarbonyl (C=S) groups is 1. The number of hydrogen-bond acceptors (Lipinski definition) is 3. The summed E-state index contributed by atoms with van der Waals surface area (Å²) >= 11 is 5.08. The van der Waals surface area contributed by atoms with Crippen molar-refractivity contribution < 1.29 is 9.50 Å². The molecule has 0 aliphatic heterocycles. The number of azo groups is 1. The predicted octanol–water partition coefficient (Wildman–Crippen LogP) is 4.80. The highest BCUT2D eigenvalue weighted by molar-refractivity contribution is 7.80. The van der Waals surface area contributed by atoms with Crippen LogP contribution in [0.15, 0.2) is 52.7 Å². The number of aromatic amines is 1. The first-order valence-corrected chi connectivity index (χ1v) is 7.23. The molecule has 0 unspecified atom stereocenters. The summed E-state index contributed by atoms with van der Waals surface area (Å²) in [6.07, 6.45) is 0. The van der Waals surface area contributed by atoms with E-state index in [1.807, 2.05) is 25.1 Å². The first-order valence-electron chi connectivity index (χ1n) is 6.82. The van der Waals surface area contributed by atoms with Crippen molar-refractivity contribution in [1.82, 2.24) is 4.98 Å². The van der Waals surface area contributed by atoms with E-state index in [-0.39, 0.29) is 16.8 Å². The van der Waals surface area contributed by atoms with Gasteiger partial charge in [-0.15, -0.1) is 10.2 Å². The molecule has 0 atom stereocenters. The molecule has 3 aromatic rings. The van der Waals surface area contributed by atoms with Gasteiger partial charge < -0.3 is 15.4 Å². The fourth-order valence-electron chi connectivity index (χ4n) is 2.16. The van der Waals surface area contributed by atoms with E-state index in [0.717, 1.165) is 16.5 Å². The largest absolute Gasteiger partial charge is 0.493 e. The smallest absolute Gasteiger partial charge is 0.218 e. The van der Waals surface area contributed by atoms with Gasteiger partial charge in [0.2, 0.25) is 11.0 Å². The van der Waals surface area contributed by atoms with E-state index in [9.17, 15) is 9.50 Å². The highest BCUT2D eigenvalue weighted by atomic mass is 32.1. The van der Waals surface area contributed by atoms with Gasteiger partial charge >= 0.3 is 0 Å². The maximum Gasteiger partial charge on any atom is 0.218 e. The maximum absolute atomic E-state index is 12.8. The van der Waals surface area contributed by atoms with Crippen LogP contribution in [-0.2, 0) is 0 Å². The van der Waals surface area contributed by atoms with Crippen LogP contribution in [0.3, 0.4) is 0 Å². The Kier molecular flexibility index (Phi) is 4.03. The van der Waals surface area contributed by atoms with Crippen LogP contribution in [0.2, 0.25) is 0 Å². The maximum atomic E-state index is 12.8. The second-order valence-electron chi connectivity index (χ2n) is 5.01. The zero-order valence-electron chi connectivity index (χ0n) is 12.2. The molecule has 0 aliphatic rings. The Morgan fingerprint density at radius 1 is 1.22 bits per heavy atom. The second-order valence-corrected chi connectivity index (χ2v) is 5.39. The van der Waals surface area contributed by atoms with Gasteiger partial charge in [0.05, 0.1) is 5.52 Å². The number of anilines is 1. The molecule has 0 amide bonds. The molecular formula is C16H13FN4OS. The predicted molar refractivity (Wildman–Crippen MR) is 91.8 cm³/mol.